The van der Waals surface area contributed by atoms with Crippen molar-refractivity contribution in [3.8, 4) is 6.07 Å². The number of hydrogen-bond donors (Lipinski definition) is 0. The van der Waals surface area contributed by atoms with Gasteiger partial charge in [-0.15, -0.1) is 0 Å². The maximum absolute atomic E-state index is 8.79. The van der Waals surface area contributed by atoms with Gasteiger partial charge in [0.25, 0.3) is 0 Å². The van der Waals surface area contributed by atoms with E-state index in [0.29, 0.717) is 5.56 Å². The van der Waals surface area contributed by atoms with Gasteiger partial charge in [0.1, 0.15) is 6.07 Å². The van der Waals surface area contributed by atoms with Crippen LogP contribution in [0.25, 0.3) is 0 Å². The van der Waals surface area contributed by atoms with Crippen LogP contribution >= 0.6 is 47.8 Å². The van der Waals surface area contributed by atoms with Crippen LogP contribution in [0.1, 0.15) is 11.1 Å². The third-order valence-corrected chi connectivity index (χ3v) is 3.60. The summed E-state index contributed by atoms with van der Waals surface area (Å²) >= 11 is 10.0. The Bertz CT molecular complexity index is 341. The van der Waals surface area contributed by atoms with Gasteiger partial charge in [-0.2, -0.15) is 5.26 Å². The van der Waals surface area contributed by atoms with Crippen LogP contribution in [0.15, 0.2) is 21.1 Å². The summed E-state index contributed by atoms with van der Waals surface area (Å²) in [5, 5.41) is 9.54. The molecule has 62 valence electrons. The van der Waals surface area contributed by atoms with Crippen molar-refractivity contribution in [1.29, 1.82) is 5.26 Å². The lowest BCUT2D eigenvalue weighted by atomic mass is 10.2. The number of rotatable bonds is 1. The first kappa shape index (κ1) is 10.2. The molecule has 0 amide bonds. The molecule has 0 atom stereocenters. The topological polar surface area (TPSA) is 23.8 Å². The fourth-order valence-corrected chi connectivity index (χ4v) is 2.90. The van der Waals surface area contributed by atoms with Gasteiger partial charge in [-0.05, 0) is 43.5 Å². The summed E-state index contributed by atoms with van der Waals surface area (Å²) in [7, 11) is 0. The van der Waals surface area contributed by atoms with E-state index in [1.807, 2.05) is 12.1 Å². The smallest absolute Gasteiger partial charge is 0.102 e. The molecule has 4 heteroatoms. The summed E-state index contributed by atoms with van der Waals surface area (Å²) in [4.78, 5) is 0. The molecule has 0 spiro atoms. The third kappa shape index (κ3) is 1.90. The zero-order chi connectivity index (χ0) is 9.14. The van der Waals surface area contributed by atoms with E-state index in [-0.39, 0.29) is 0 Å². The van der Waals surface area contributed by atoms with Crippen molar-refractivity contribution in [2.75, 3.05) is 0 Å². The van der Waals surface area contributed by atoms with Crippen LogP contribution < -0.4 is 0 Å². The van der Waals surface area contributed by atoms with E-state index in [0.717, 1.165) is 19.8 Å². The SMILES string of the molecule is N#Cc1c(Br)ccc(CBr)c1Br. The molecule has 12 heavy (non-hydrogen) atoms. The molecular formula is C8H4Br3N. The van der Waals surface area contributed by atoms with Gasteiger partial charge in [0.05, 0.1) is 5.56 Å². The highest BCUT2D eigenvalue weighted by Crippen LogP contribution is 2.29. The highest BCUT2D eigenvalue weighted by Gasteiger charge is 2.07. The minimum Gasteiger partial charge on any atom is -0.192 e. The summed E-state index contributed by atoms with van der Waals surface area (Å²) in [5.41, 5.74) is 1.72. The van der Waals surface area contributed by atoms with E-state index in [1.165, 1.54) is 0 Å². The number of hydrogen-bond acceptors (Lipinski definition) is 1. The summed E-state index contributed by atoms with van der Waals surface area (Å²) in [6.45, 7) is 0. The van der Waals surface area contributed by atoms with Crippen molar-refractivity contribution in [2.24, 2.45) is 0 Å². The van der Waals surface area contributed by atoms with Crippen LogP contribution in [-0.2, 0) is 5.33 Å². The maximum atomic E-state index is 8.79. The zero-order valence-electron chi connectivity index (χ0n) is 5.94. The van der Waals surface area contributed by atoms with Crippen LogP contribution in [0.4, 0.5) is 0 Å². The Morgan fingerprint density at radius 3 is 2.50 bits per heavy atom. The van der Waals surface area contributed by atoms with Gasteiger partial charge in [0, 0.05) is 14.3 Å². The van der Waals surface area contributed by atoms with E-state index in [4.69, 9.17) is 5.26 Å². The second kappa shape index (κ2) is 4.40. The van der Waals surface area contributed by atoms with Crippen molar-refractivity contribution in [3.05, 3.63) is 32.2 Å². The van der Waals surface area contributed by atoms with Crippen LogP contribution in [0.5, 0.6) is 0 Å². The molecule has 0 N–H and O–H groups in total. The van der Waals surface area contributed by atoms with Gasteiger partial charge in [-0.3, -0.25) is 0 Å². The molecule has 0 aromatic heterocycles. The highest BCUT2D eigenvalue weighted by atomic mass is 79.9. The number of nitrogens with zero attached hydrogens (tertiary/aromatic N) is 1. The summed E-state index contributed by atoms with van der Waals surface area (Å²) in [5.74, 6) is 0. The van der Waals surface area contributed by atoms with E-state index in [1.54, 1.807) is 0 Å². The molecule has 0 bridgehead atoms. The quantitative estimate of drug-likeness (QED) is 0.701. The molecule has 1 aromatic carbocycles. The Kier molecular flexibility index (Phi) is 3.76. The molecule has 0 aliphatic heterocycles. The predicted octanol–water partition coefficient (Wildman–Crippen LogP) is 3.98. The van der Waals surface area contributed by atoms with E-state index in [2.05, 4.69) is 53.9 Å². The Labute approximate surface area is 96.2 Å². The lowest BCUT2D eigenvalue weighted by molar-refractivity contribution is 1.35. The van der Waals surface area contributed by atoms with Gasteiger partial charge < -0.3 is 0 Å². The largest absolute Gasteiger partial charge is 0.192 e. The summed E-state index contributed by atoms with van der Waals surface area (Å²) in [6, 6.07) is 5.96. The molecule has 1 nitrogen and oxygen atoms in total. The van der Waals surface area contributed by atoms with E-state index >= 15 is 0 Å². The van der Waals surface area contributed by atoms with Crippen LogP contribution in [-0.4, -0.2) is 0 Å². The van der Waals surface area contributed by atoms with Gasteiger partial charge in [-0.25, -0.2) is 0 Å². The van der Waals surface area contributed by atoms with Gasteiger partial charge in [0.15, 0.2) is 0 Å². The van der Waals surface area contributed by atoms with E-state index < -0.39 is 0 Å². The minimum absolute atomic E-state index is 0.645. The zero-order valence-corrected chi connectivity index (χ0v) is 10.7. The second-order valence-electron chi connectivity index (χ2n) is 2.14. The molecule has 0 saturated carbocycles. The van der Waals surface area contributed by atoms with E-state index in [9.17, 15) is 0 Å². The Morgan fingerprint density at radius 1 is 1.33 bits per heavy atom. The highest BCUT2D eigenvalue weighted by molar-refractivity contribution is 9.11. The maximum Gasteiger partial charge on any atom is 0.102 e. The van der Waals surface area contributed by atoms with Gasteiger partial charge in [-0.1, -0.05) is 22.0 Å². The number of nitriles is 1. The first-order valence-electron chi connectivity index (χ1n) is 3.13. The molecule has 0 radical (unpaired) electrons. The molecule has 0 aliphatic rings. The normalized spacial score (nSPS) is 9.50. The molecule has 0 heterocycles. The van der Waals surface area contributed by atoms with Crippen molar-refractivity contribution < 1.29 is 0 Å². The van der Waals surface area contributed by atoms with Crippen molar-refractivity contribution >= 4 is 47.8 Å². The Morgan fingerprint density at radius 2 is 2.00 bits per heavy atom. The molecular weight excluding hydrogens is 350 g/mol. The molecule has 1 aromatic rings. The van der Waals surface area contributed by atoms with Crippen molar-refractivity contribution in [2.45, 2.75) is 5.33 Å². The molecule has 0 unspecified atom stereocenters. The standard InChI is InChI=1S/C8H4Br3N/c9-3-5-1-2-7(10)6(4-12)8(5)11/h1-2H,3H2. The molecule has 0 aliphatic carbocycles. The van der Waals surface area contributed by atoms with Gasteiger partial charge >= 0.3 is 0 Å². The Balaban J connectivity index is 3.36. The number of alkyl halides is 1. The minimum atomic E-state index is 0.645. The average molecular weight is 354 g/mol. The fraction of sp³-hybridized carbons (Fsp3) is 0.125. The predicted molar refractivity (Wildman–Crippen MR) is 59.2 cm³/mol. The number of halogens is 3. The van der Waals surface area contributed by atoms with Crippen LogP contribution in [0.3, 0.4) is 0 Å². The fourth-order valence-electron chi connectivity index (χ4n) is 0.801. The lowest BCUT2D eigenvalue weighted by Gasteiger charge is -2.03. The lowest BCUT2D eigenvalue weighted by Crippen LogP contribution is -1.86. The second-order valence-corrected chi connectivity index (χ2v) is 4.35. The summed E-state index contributed by atoms with van der Waals surface area (Å²) in [6.07, 6.45) is 0. The molecule has 0 fully saturated rings. The first-order chi connectivity index (χ1) is 5.70. The molecule has 1 rings (SSSR count). The molecule has 0 saturated heterocycles. The van der Waals surface area contributed by atoms with Gasteiger partial charge in [0.2, 0.25) is 0 Å². The Hall–Kier alpha value is 0.150. The average Bonchev–Trinajstić information content (AvgIpc) is 2.06. The van der Waals surface area contributed by atoms with Crippen molar-refractivity contribution in [3.63, 3.8) is 0 Å². The van der Waals surface area contributed by atoms with Crippen molar-refractivity contribution in [1.82, 2.24) is 0 Å². The first-order valence-corrected chi connectivity index (χ1v) is 5.84. The monoisotopic (exact) mass is 351 g/mol. The van der Waals surface area contributed by atoms with Crippen LogP contribution in [0, 0.1) is 11.3 Å². The van der Waals surface area contributed by atoms with Crippen LogP contribution in [0.2, 0.25) is 0 Å². The third-order valence-electron chi connectivity index (χ3n) is 1.43. The summed E-state index contributed by atoms with van der Waals surface area (Å²) < 4.78 is 1.68. The number of benzene rings is 1.